The quantitative estimate of drug-likeness (QED) is 0.727. The average Bonchev–Trinajstić information content (AvgIpc) is 2.22. The molecule has 0 aromatic carbocycles. The van der Waals surface area contributed by atoms with Gasteiger partial charge in [0.15, 0.2) is 0 Å². The van der Waals surface area contributed by atoms with E-state index in [0.29, 0.717) is 19.6 Å². The molecule has 1 atom stereocenters. The van der Waals surface area contributed by atoms with Crippen molar-refractivity contribution in [2.45, 2.75) is 33.2 Å². The van der Waals surface area contributed by atoms with Gasteiger partial charge >= 0.3 is 0 Å². The van der Waals surface area contributed by atoms with Crippen molar-refractivity contribution in [3.63, 3.8) is 0 Å². The summed E-state index contributed by atoms with van der Waals surface area (Å²) < 4.78 is 0. The number of hydrogen-bond donors (Lipinski definition) is 2. The Kier molecular flexibility index (Phi) is 4.14. The maximum Gasteiger partial charge on any atom is 0.245 e. The van der Waals surface area contributed by atoms with E-state index in [2.05, 4.69) is 5.32 Å². The molecule has 1 heterocycles. The van der Waals surface area contributed by atoms with Gasteiger partial charge < -0.3 is 16.0 Å². The predicted octanol–water partition coefficient (Wildman–Crippen LogP) is -0.0457. The smallest absolute Gasteiger partial charge is 0.245 e. The summed E-state index contributed by atoms with van der Waals surface area (Å²) >= 11 is 0. The highest BCUT2D eigenvalue weighted by molar-refractivity contribution is 5.92. The second-order valence-electron chi connectivity index (χ2n) is 5.39. The highest BCUT2D eigenvalue weighted by atomic mass is 16.2. The van der Waals surface area contributed by atoms with Gasteiger partial charge in [0.05, 0.1) is 5.92 Å². The maximum absolute atomic E-state index is 12.4. The van der Waals surface area contributed by atoms with Crippen LogP contribution in [0.5, 0.6) is 0 Å². The van der Waals surface area contributed by atoms with Crippen LogP contribution < -0.4 is 11.1 Å². The minimum atomic E-state index is -0.780. The molecule has 17 heavy (non-hydrogen) atoms. The van der Waals surface area contributed by atoms with E-state index in [1.165, 1.54) is 0 Å². The highest BCUT2D eigenvalue weighted by Gasteiger charge is 2.42. The minimum absolute atomic E-state index is 0.0117. The topological polar surface area (TPSA) is 75.4 Å². The number of piperazine rings is 1. The first-order valence-electron chi connectivity index (χ1n) is 6.12. The molecule has 2 amide bonds. The van der Waals surface area contributed by atoms with Crippen molar-refractivity contribution in [3.8, 4) is 0 Å². The normalized spacial score (nSPS) is 21.3. The van der Waals surface area contributed by atoms with E-state index in [0.717, 1.165) is 0 Å². The van der Waals surface area contributed by atoms with E-state index < -0.39 is 5.54 Å². The van der Waals surface area contributed by atoms with Crippen molar-refractivity contribution in [1.29, 1.82) is 0 Å². The number of amides is 2. The third kappa shape index (κ3) is 2.60. The molecule has 0 saturated carbocycles. The van der Waals surface area contributed by atoms with Gasteiger partial charge in [-0.3, -0.25) is 9.59 Å². The van der Waals surface area contributed by atoms with Gasteiger partial charge in [0, 0.05) is 19.6 Å². The van der Waals surface area contributed by atoms with Crippen LogP contribution in [-0.4, -0.2) is 41.9 Å². The molecule has 1 fully saturated rings. The standard InChI is InChI=1S/C12H23N3O2/c1-8(2)9(7-13)10(16)15-6-5-14-11(17)12(15,3)4/h8-9H,5-7,13H2,1-4H3,(H,14,17). The Bertz CT molecular complexity index is 313. The fourth-order valence-electron chi connectivity index (χ4n) is 2.14. The van der Waals surface area contributed by atoms with Gasteiger partial charge in [-0.15, -0.1) is 0 Å². The lowest BCUT2D eigenvalue weighted by Crippen LogP contribution is -2.65. The second kappa shape index (κ2) is 5.04. The molecule has 5 nitrogen and oxygen atoms in total. The van der Waals surface area contributed by atoms with Crippen LogP contribution in [0.25, 0.3) is 0 Å². The van der Waals surface area contributed by atoms with Crippen molar-refractivity contribution in [3.05, 3.63) is 0 Å². The number of nitrogens with one attached hydrogen (secondary N) is 1. The molecule has 1 rings (SSSR count). The molecule has 1 saturated heterocycles. The van der Waals surface area contributed by atoms with Crippen LogP contribution in [0, 0.1) is 11.8 Å². The number of carbonyl (C=O) groups is 2. The SMILES string of the molecule is CC(C)C(CN)C(=O)N1CCNC(=O)C1(C)C. The Morgan fingerprint density at radius 3 is 2.59 bits per heavy atom. The lowest BCUT2D eigenvalue weighted by molar-refractivity contribution is -0.152. The first kappa shape index (κ1) is 14.0. The Labute approximate surface area is 103 Å². The van der Waals surface area contributed by atoms with Crippen molar-refractivity contribution >= 4 is 11.8 Å². The van der Waals surface area contributed by atoms with Gasteiger partial charge in [-0.05, 0) is 19.8 Å². The van der Waals surface area contributed by atoms with Crippen molar-refractivity contribution in [2.75, 3.05) is 19.6 Å². The lowest BCUT2D eigenvalue weighted by atomic mass is 9.90. The van der Waals surface area contributed by atoms with Crippen LogP contribution in [0.3, 0.4) is 0 Å². The van der Waals surface area contributed by atoms with Crippen LogP contribution in [0.15, 0.2) is 0 Å². The summed E-state index contributed by atoms with van der Waals surface area (Å²) in [6.45, 7) is 8.90. The zero-order chi connectivity index (χ0) is 13.2. The molecular formula is C12H23N3O2. The summed E-state index contributed by atoms with van der Waals surface area (Å²) in [5, 5.41) is 2.78. The summed E-state index contributed by atoms with van der Waals surface area (Å²) in [5.74, 6) is -0.132. The molecule has 98 valence electrons. The molecule has 0 aromatic heterocycles. The number of carbonyl (C=O) groups excluding carboxylic acids is 2. The average molecular weight is 241 g/mol. The summed E-state index contributed by atoms with van der Waals surface area (Å²) in [6, 6.07) is 0. The van der Waals surface area contributed by atoms with Crippen molar-refractivity contribution < 1.29 is 9.59 Å². The molecule has 0 spiro atoms. The molecule has 0 aliphatic carbocycles. The fraction of sp³-hybridized carbons (Fsp3) is 0.833. The van der Waals surface area contributed by atoms with Crippen LogP contribution in [0.1, 0.15) is 27.7 Å². The zero-order valence-corrected chi connectivity index (χ0v) is 11.1. The van der Waals surface area contributed by atoms with Gasteiger partial charge in [0.2, 0.25) is 11.8 Å². The minimum Gasteiger partial charge on any atom is -0.352 e. The first-order valence-corrected chi connectivity index (χ1v) is 6.12. The van der Waals surface area contributed by atoms with Crippen LogP contribution in [0.4, 0.5) is 0 Å². The third-order valence-electron chi connectivity index (χ3n) is 3.49. The Morgan fingerprint density at radius 1 is 1.53 bits per heavy atom. The second-order valence-corrected chi connectivity index (χ2v) is 5.39. The molecule has 5 heteroatoms. The highest BCUT2D eigenvalue weighted by Crippen LogP contribution is 2.22. The monoisotopic (exact) mass is 241 g/mol. The van der Waals surface area contributed by atoms with Crippen molar-refractivity contribution in [2.24, 2.45) is 17.6 Å². The van der Waals surface area contributed by atoms with Crippen LogP contribution in [-0.2, 0) is 9.59 Å². The molecule has 1 aliphatic heterocycles. The molecule has 0 aromatic rings. The summed E-state index contributed by atoms with van der Waals surface area (Å²) in [7, 11) is 0. The van der Waals surface area contributed by atoms with E-state index in [4.69, 9.17) is 5.73 Å². The van der Waals surface area contributed by atoms with Gasteiger partial charge in [0.25, 0.3) is 0 Å². The van der Waals surface area contributed by atoms with E-state index in [1.54, 1.807) is 18.7 Å². The molecule has 1 aliphatic rings. The Balaban J connectivity index is 2.90. The third-order valence-corrected chi connectivity index (χ3v) is 3.49. The summed E-state index contributed by atoms with van der Waals surface area (Å²) in [6.07, 6.45) is 0. The van der Waals surface area contributed by atoms with Crippen LogP contribution in [0.2, 0.25) is 0 Å². The van der Waals surface area contributed by atoms with Gasteiger partial charge in [-0.2, -0.15) is 0 Å². The zero-order valence-electron chi connectivity index (χ0n) is 11.1. The van der Waals surface area contributed by atoms with E-state index in [1.807, 2.05) is 13.8 Å². The molecule has 0 radical (unpaired) electrons. The summed E-state index contributed by atoms with van der Waals surface area (Å²) in [4.78, 5) is 25.8. The number of hydrogen-bond acceptors (Lipinski definition) is 3. The van der Waals surface area contributed by atoms with E-state index in [9.17, 15) is 9.59 Å². The Morgan fingerprint density at radius 2 is 2.12 bits per heavy atom. The van der Waals surface area contributed by atoms with E-state index in [-0.39, 0.29) is 23.7 Å². The fourth-order valence-corrected chi connectivity index (χ4v) is 2.14. The number of nitrogens with zero attached hydrogens (tertiary/aromatic N) is 1. The maximum atomic E-state index is 12.4. The Hall–Kier alpha value is -1.10. The lowest BCUT2D eigenvalue weighted by Gasteiger charge is -2.43. The first-order chi connectivity index (χ1) is 7.82. The van der Waals surface area contributed by atoms with Gasteiger partial charge in [-0.1, -0.05) is 13.8 Å². The molecular weight excluding hydrogens is 218 g/mol. The van der Waals surface area contributed by atoms with Gasteiger partial charge in [0.1, 0.15) is 5.54 Å². The van der Waals surface area contributed by atoms with Crippen molar-refractivity contribution in [1.82, 2.24) is 10.2 Å². The van der Waals surface area contributed by atoms with E-state index >= 15 is 0 Å². The predicted molar refractivity (Wildman–Crippen MR) is 66.2 cm³/mol. The largest absolute Gasteiger partial charge is 0.352 e. The molecule has 1 unspecified atom stereocenters. The van der Waals surface area contributed by atoms with Crippen LogP contribution >= 0.6 is 0 Å². The van der Waals surface area contributed by atoms with Gasteiger partial charge in [-0.25, -0.2) is 0 Å². The number of rotatable bonds is 3. The molecule has 3 N–H and O–H groups in total. The summed E-state index contributed by atoms with van der Waals surface area (Å²) in [5.41, 5.74) is 4.88. The number of nitrogens with two attached hydrogens (primary N) is 1. The molecule has 0 bridgehead atoms.